The van der Waals surface area contributed by atoms with Gasteiger partial charge in [0.05, 0.1) is 6.42 Å². The van der Waals surface area contributed by atoms with Crippen LogP contribution >= 0.6 is 0 Å². The predicted molar refractivity (Wildman–Crippen MR) is 134 cm³/mol. The number of carbonyl (C=O) groups is 4. The monoisotopic (exact) mass is 528 g/mol. The number of halogens is 2. The summed E-state index contributed by atoms with van der Waals surface area (Å²) in [6.45, 7) is -0.00348. The third-order valence-corrected chi connectivity index (χ3v) is 7.04. The lowest BCUT2D eigenvalue weighted by Gasteiger charge is -2.34. The van der Waals surface area contributed by atoms with Crippen molar-refractivity contribution in [2.24, 2.45) is 5.92 Å². The third kappa shape index (κ3) is 6.45. The van der Waals surface area contributed by atoms with E-state index in [1.165, 1.54) is 47.4 Å². The second kappa shape index (κ2) is 12.0. The summed E-state index contributed by atoms with van der Waals surface area (Å²) in [6.07, 6.45) is 2.74. The molecular formula is C27H30F2N4O5. The van der Waals surface area contributed by atoms with Crippen LogP contribution in [0.25, 0.3) is 0 Å². The molecule has 38 heavy (non-hydrogen) atoms. The van der Waals surface area contributed by atoms with E-state index in [1.807, 2.05) is 0 Å². The smallest absolute Gasteiger partial charge is 0.323 e. The van der Waals surface area contributed by atoms with Gasteiger partial charge in [-0.25, -0.2) is 13.6 Å². The molecule has 3 N–H and O–H groups in total. The Kier molecular flexibility index (Phi) is 8.55. The highest BCUT2D eigenvalue weighted by Crippen LogP contribution is 2.29. The van der Waals surface area contributed by atoms with E-state index in [0.717, 1.165) is 43.1 Å². The highest BCUT2D eigenvalue weighted by atomic mass is 19.1. The van der Waals surface area contributed by atoms with Crippen LogP contribution in [-0.4, -0.2) is 64.0 Å². The first-order chi connectivity index (χ1) is 18.2. The van der Waals surface area contributed by atoms with Gasteiger partial charge in [0, 0.05) is 30.4 Å². The van der Waals surface area contributed by atoms with E-state index in [0.29, 0.717) is 0 Å². The number of rotatable bonds is 7. The SMILES string of the molecule is O=C(O)CC(NC(=O)C1N(C(=O)Nc2ccc(F)cc2)CCN1C(=O)c1cccc(F)c1)C1CCCCC1. The number of anilines is 1. The van der Waals surface area contributed by atoms with Crippen molar-refractivity contribution >= 4 is 29.5 Å². The number of urea groups is 1. The quantitative estimate of drug-likeness (QED) is 0.505. The zero-order valence-electron chi connectivity index (χ0n) is 20.7. The highest BCUT2D eigenvalue weighted by Gasteiger charge is 2.44. The van der Waals surface area contributed by atoms with Crippen LogP contribution in [0.5, 0.6) is 0 Å². The summed E-state index contributed by atoms with van der Waals surface area (Å²) in [6, 6.07) is 8.72. The molecule has 1 heterocycles. The molecule has 0 bridgehead atoms. The Morgan fingerprint density at radius 1 is 0.921 bits per heavy atom. The van der Waals surface area contributed by atoms with Gasteiger partial charge >= 0.3 is 12.0 Å². The van der Waals surface area contributed by atoms with Crippen molar-refractivity contribution in [3.63, 3.8) is 0 Å². The van der Waals surface area contributed by atoms with E-state index >= 15 is 0 Å². The Labute approximate surface area is 218 Å². The highest BCUT2D eigenvalue weighted by molar-refractivity contribution is 6.00. The predicted octanol–water partition coefficient (Wildman–Crippen LogP) is 3.82. The fraction of sp³-hybridized carbons (Fsp3) is 0.407. The number of amides is 4. The van der Waals surface area contributed by atoms with Crippen molar-refractivity contribution in [3.8, 4) is 0 Å². The average Bonchev–Trinajstić information content (AvgIpc) is 3.35. The van der Waals surface area contributed by atoms with Crippen LogP contribution < -0.4 is 10.6 Å². The number of carbonyl (C=O) groups excluding carboxylic acids is 3. The van der Waals surface area contributed by atoms with Gasteiger partial charge in [0.25, 0.3) is 11.8 Å². The summed E-state index contributed by atoms with van der Waals surface area (Å²) in [7, 11) is 0. The molecule has 1 saturated carbocycles. The number of carboxylic acid groups (broad SMARTS) is 1. The van der Waals surface area contributed by atoms with Gasteiger partial charge in [-0.3, -0.25) is 19.3 Å². The lowest BCUT2D eigenvalue weighted by atomic mass is 9.82. The molecule has 2 aromatic carbocycles. The first kappa shape index (κ1) is 27.0. The zero-order chi connectivity index (χ0) is 27.2. The second-order valence-corrected chi connectivity index (χ2v) is 9.62. The van der Waals surface area contributed by atoms with Crippen molar-refractivity contribution in [1.82, 2.24) is 15.1 Å². The Morgan fingerprint density at radius 3 is 2.26 bits per heavy atom. The van der Waals surface area contributed by atoms with Crippen molar-refractivity contribution in [2.75, 3.05) is 18.4 Å². The van der Waals surface area contributed by atoms with Crippen LogP contribution in [0.15, 0.2) is 48.5 Å². The van der Waals surface area contributed by atoms with E-state index in [-0.39, 0.29) is 36.7 Å². The minimum Gasteiger partial charge on any atom is -0.481 e. The molecule has 1 aliphatic carbocycles. The maximum atomic E-state index is 13.8. The summed E-state index contributed by atoms with van der Waals surface area (Å²) >= 11 is 0. The number of carboxylic acids is 1. The molecule has 4 amide bonds. The lowest BCUT2D eigenvalue weighted by molar-refractivity contribution is -0.138. The van der Waals surface area contributed by atoms with Crippen LogP contribution in [0.4, 0.5) is 19.3 Å². The van der Waals surface area contributed by atoms with Gasteiger partial charge in [-0.15, -0.1) is 0 Å². The second-order valence-electron chi connectivity index (χ2n) is 9.62. The van der Waals surface area contributed by atoms with Gasteiger partial charge in [-0.2, -0.15) is 0 Å². The summed E-state index contributed by atoms with van der Waals surface area (Å²) in [5.74, 6) is -3.56. The molecule has 4 rings (SSSR count). The van der Waals surface area contributed by atoms with E-state index in [2.05, 4.69) is 10.6 Å². The van der Waals surface area contributed by atoms with Crippen molar-refractivity contribution in [2.45, 2.75) is 50.7 Å². The first-order valence-corrected chi connectivity index (χ1v) is 12.6. The number of nitrogens with one attached hydrogen (secondary N) is 2. The Hall–Kier alpha value is -4.02. The number of benzene rings is 2. The molecule has 0 radical (unpaired) electrons. The molecule has 202 valence electrons. The molecule has 1 saturated heterocycles. The van der Waals surface area contributed by atoms with Gasteiger partial charge in [-0.05, 0) is 61.2 Å². The van der Waals surface area contributed by atoms with Crippen molar-refractivity contribution in [1.29, 1.82) is 0 Å². The number of nitrogens with zero attached hydrogens (tertiary/aromatic N) is 2. The summed E-state index contributed by atoms with van der Waals surface area (Å²) in [5.41, 5.74) is 0.300. The molecule has 2 unspecified atom stereocenters. The van der Waals surface area contributed by atoms with Crippen molar-refractivity contribution in [3.05, 3.63) is 65.7 Å². The molecule has 2 aromatic rings. The van der Waals surface area contributed by atoms with Crippen molar-refractivity contribution < 1.29 is 33.1 Å². The summed E-state index contributed by atoms with van der Waals surface area (Å²) in [4.78, 5) is 54.1. The molecular weight excluding hydrogens is 498 g/mol. The largest absolute Gasteiger partial charge is 0.481 e. The zero-order valence-corrected chi connectivity index (χ0v) is 20.7. The van der Waals surface area contributed by atoms with Gasteiger partial charge < -0.3 is 20.6 Å². The molecule has 9 nitrogen and oxygen atoms in total. The Bertz CT molecular complexity index is 1190. The average molecular weight is 529 g/mol. The molecule has 1 aliphatic heterocycles. The maximum Gasteiger partial charge on any atom is 0.323 e. The van der Waals surface area contributed by atoms with Crippen LogP contribution in [0.2, 0.25) is 0 Å². The van der Waals surface area contributed by atoms with E-state index < -0.39 is 47.7 Å². The number of aliphatic carboxylic acids is 1. The molecule has 2 fully saturated rings. The standard InChI is InChI=1S/C27H30F2N4O5/c28-19-9-11-21(12-10-19)30-27(38)33-14-13-32(26(37)18-7-4-8-20(29)15-18)25(33)24(36)31-22(16-23(34)35)17-5-2-1-3-6-17/h4,7-12,15,17,22,25H,1-3,5-6,13-14,16H2,(H,30,38)(H,31,36)(H,34,35). The van der Waals surface area contributed by atoms with Gasteiger partial charge in [-0.1, -0.05) is 25.3 Å². The van der Waals surface area contributed by atoms with E-state index in [9.17, 15) is 33.1 Å². The van der Waals surface area contributed by atoms with Crippen LogP contribution in [0, 0.1) is 17.6 Å². The van der Waals surface area contributed by atoms with Crippen LogP contribution in [-0.2, 0) is 9.59 Å². The van der Waals surface area contributed by atoms with Crippen LogP contribution in [0.3, 0.4) is 0 Å². The van der Waals surface area contributed by atoms with E-state index in [1.54, 1.807) is 0 Å². The molecule has 0 aromatic heterocycles. The Morgan fingerprint density at radius 2 is 1.61 bits per heavy atom. The Balaban J connectivity index is 1.60. The number of hydrogen-bond donors (Lipinski definition) is 3. The minimum absolute atomic E-state index is 0.000797. The van der Waals surface area contributed by atoms with Gasteiger partial charge in [0.2, 0.25) is 0 Å². The minimum atomic E-state index is -1.40. The number of hydrogen-bond acceptors (Lipinski definition) is 4. The lowest BCUT2D eigenvalue weighted by Crippen LogP contribution is -2.57. The van der Waals surface area contributed by atoms with Gasteiger partial charge in [0.1, 0.15) is 11.6 Å². The van der Waals surface area contributed by atoms with Crippen LogP contribution in [0.1, 0.15) is 48.9 Å². The fourth-order valence-electron chi connectivity index (χ4n) is 5.17. The first-order valence-electron chi connectivity index (χ1n) is 12.6. The third-order valence-electron chi connectivity index (χ3n) is 7.04. The van der Waals surface area contributed by atoms with E-state index in [4.69, 9.17) is 0 Å². The maximum absolute atomic E-state index is 13.8. The molecule has 11 heteroatoms. The van der Waals surface area contributed by atoms with Gasteiger partial charge in [0.15, 0.2) is 6.17 Å². The summed E-state index contributed by atoms with van der Waals surface area (Å²) in [5, 5.41) is 14.9. The summed E-state index contributed by atoms with van der Waals surface area (Å²) < 4.78 is 27.1. The molecule has 2 aliphatic rings. The molecule has 2 atom stereocenters. The topological polar surface area (TPSA) is 119 Å². The normalized spacial score (nSPS) is 18.6. The molecule has 0 spiro atoms. The fourth-order valence-corrected chi connectivity index (χ4v) is 5.17.